The fourth-order valence-corrected chi connectivity index (χ4v) is 1.52. The monoisotopic (exact) mass is 266 g/mol. The summed E-state index contributed by atoms with van der Waals surface area (Å²) in [6.45, 7) is 6.21. The van der Waals surface area contributed by atoms with Crippen LogP contribution in [-0.2, 0) is 4.79 Å². The van der Waals surface area contributed by atoms with Gasteiger partial charge in [-0.25, -0.2) is 0 Å². The number of anilines is 1. The van der Waals surface area contributed by atoms with Crippen LogP contribution in [0.15, 0.2) is 24.3 Å². The van der Waals surface area contributed by atoms with E-state index >= 15 is 0 Å². The van der Waals surface area contributed by atoms with E-state index in [0.29, 0.717) is 12.5 Å². The smallest absolute Gasteiger partial charge is 0.222 e. The molecule has 0 unspecified atom stereocenters. The Kier molecular flexibility index (Phi) is 5.58. The van der Waals surface area contributed by atoms with E-state index in [0.717, 1.165) is 11.4 Å². The van der Waals surface area contributed by atoms with Crippen molar-refractivity contribution in [3.05, 3.63) is 24.3 Å². The maximum Gasteiger partial charge on any atom is 0.222 e. The summed E-state index contributed by atoms with van der Waals surface area (Å²) < 4.78 is 5.67. The average molecular weight is 266 g/mol. The molecule has 0 aliphatic carbocycles. The summed E-state index contributed by atoms with van der Waals surface area (Å²) in [5.74, 6) is 0.965. The van der Waals surface area contributed by atoms with Gasteiger partial charge in [-0.05, 0) is 30.3 Å². The van der Waals surface area contributed by atoms with Crippen molar-refractivity contribution in [2.24, 2.45) is 5.92 Å². The Bertz CT molecular complexity index is 433. The maximum absolute atomic E-state index is 10.9. The molecule has 0 radical (unpaired) electrons. The van der Waals surface area contributed by atoms with Crippen LogP contribution in [0.4, 0.5) is 5.69 Å². The molecular formula is C13H18N2O2S. The molecule has 1 rings (SSSR count). The summed E-state index contributed by atoms with van der Waals surface area (Å²) in [4.78, 5) is 10.9. The van der Waals surface area contributed by atoms with Crippen molar-refractivity contribution < 1.29 is 9.53 Å². The first-order chi connectivity index (χ1) is 8.49. The van der Waals surface area contributed by atoms with Crippen LogP contribution in [0, 0.1) is 5.92 Å². The van der Waals surface area contributed by atoms with E-state index in [-0.39, 0.29) is 11.0 Å². The number of ether oxygens (including phenoxy) is 1. The van der Waals surface area contributed by atoms with Crippen molar-refractivity contribution in [2.45, 2.75) is 20.8 Å². The maximum atomic E-state index is 10.9. The largest absolute Gasteiger partial charge is 0.491 e. The lowest BCUT2D eigenvalue weighted by atomic mass is 10.2. The number of rotatable bonds is 4. The SMILES string of the molecule is CC(=O)NC(=S)Nc1ccccc1OCC(C)C. The molecule has 0 bridgehead atoms. The van der Waals surface area contributed by atoms with Gasteiger partial charge >= 0.3 is 0 Å². The van der Waals surface area contributed by atoms with Gasteiger partial charge in [-0.3, -0.25) is 4.79 Å². The van der Waals surface area contributed by atoms with Gasteiger partial charge in [0.15, 0.2) is 5.11 Å². The van der Waals surface area contributed by atoms with Gasteiger partial charge in [-0.1, -0.05) is 26.0 Å². The highest BCUT2D eigenvalue weighted by molar-refractivity contribution is 7.80. The summed E-state index contributed by atoms with van der Waals surface area (Å²) in [5, 5.41) is 5.72. The van der Waals surface area contributed by atoms with Crippen molar-refractivity contribution in [2.75, 3.05) is 11.9 Å². The minimum atomic E-state index is -0.201. The molecule has 1 aromatic rings. The fourth-order valence-electron chi connectivity index (χ4n) is 1.27. The molecule has 0 aliphatic rings. The molecular weight excluding hydrogens is 248 g/mol. The Balaban J connectivity index is 2.69. The number of nitrogens with one attached hydrogen (secondary N) is 2. The summed E-state index contributed by atoms with van der Waals surface area (Å²) in [7, 11) is 0. The van der Waals surface area contributed by atoms with Gasteiger partial charge in [0.25, 0.3) is 0 Å². The third kappa shape index (κ3) is 5.14. The van der Waals surface area contributed by atoms with Crippen LogP contribution >= 0.6 is 12.2 Å². The number of carbonyl (C=O) groups excluding carboxylic acids is 1. The molecule has 0 atom stereocenters. The molecule has 98 valence electrons. The van der Waals surface area contributed by atoms with Gasteiger partial charge in [0, 0.05) is 6.92 Å². The van der Waals surface area contributed by atoms with E-state index in [2.05, 4.69) is 24.5 Å². The van der Waals surface area contributed by atoms with E-state index in [4.69, 9.17) is 17.0 Å². The van der Waals surface area contributed by atoms with Crippen LogP contribution in [0.3, 0.4) is 0 Å². The number of amides is 1. The number of hydrogen-bond donors (Lipinski definition) is 2. The van der Waals surface area contributed by atoms with Crippen LogP contribution in [0.2, 0.25) is 0 Å². The zero-order valence-corrected chi connectivity index (χ0v) is 11.6. The minimum Gasteiger partial charge on any atom is -0.491 e. The minimum absolute atomic E-state index is 0.201. The molecule has 0 saturated carbocycles. The Hall–Kier alpha value is -1.62. The highest BCUT2D eigenvalue weighted by Crippen LogP contribution is 2.24. The van der Waals surface area contributed by atoms with Crippen LogP contribution in [0.25, 0.3) is 0 Å². The van der Waals surface area contributed by atoms with E-state index < -0.39 is 0 Å². The molecule has 0 aromatic heterocycles. The highest BCUT2D eigenvalue weighted by Gasteiger charge is 2.06. The zero-order valence-electron chi connectivity index (χ0n) is 10.8. The molecule has 0 fully saturated rings. The number of hydrogen-bond acceptors (Lipinski definition) is 3. The lowest BCUT2D eigenvalue weighted by Gasteiger charge is -2.14. The second-order valence-electron chi connectivity index (χ2n) is 4.34. The first-order valence-electron chi connectivity index (χ1n) is 5.79. The zero-order chi connectivity index (χ0) is 13.5. The quantitative estimate of drug-likeness (QED) is 0.822. The van der Waals surface area contributed by atoms with Crippen molar-refractivity contribution in [3.63, 3.8) is 0 Å². The average Bonchev–Trinajstić information content (AvgIpc) is 2.26. The van der Waals surface area contributed by atoms with Gasteiger partial charge in [0.1, 0.15) is 5.75 Å². The molecule has 0 saturated heterocycles. The third-order valence-electron chi connectivity index (χ3n) is 2.00. The fraction of sp³-hybridized carbons (Fsp3) is 0.385. The van der Waals surface area contributed by atoms with Gasteiger partial charge in [0.2, 0.25) is 5.91 Å². The Morgan fingerprint density at radius 3 is 2.67 bits per heavy atom. The first-order valence-corrected chi connectivity index (χ1v) is 6.20. The standard InChI is InChI=1S/C13H18N2O2S/c1-9(2)8-17-12-7-5-4-6-11(12)15-13(18)14-10(3)16/h4-7,9H,8H2,1-3H3,(H2,14,15,16,18). The van der Waals surface area contributed by atoms with Crippen LogP contribution < -0.4 is 15.4 Å². The van der Waals surface area contributed by atoms with Crippen LogP contribution in [-0.4, -0.2) is 17.6 Å². The molecule has 2 N–H and O–H groups in total. The molecule has 1 amide bonds. The van der Waals surface area contributed by atoms with Gasteiger partial charge in [-0.2, -0.15) is 0 Å². The molecule has 5 heteroatoms. The molecule has 0 aliphatic heterocycles. The number of carbonyl (C=O) groups is 1. The predicted molar refractivity (Wildman–Crippen MR) is 76.8 cm³/mol. The lowest BCUT2D eigenvalue weighted by molar-refractivity contribution is -0.117. The predicted octanol–water partition coefficient (Wildman–Crippen LogP) is 2.55. The van der Waals surface area contributed by atoms with E-state index in [1.165, 1.54) is 6.92 Å². The van der Waals surface area contributed by atoms with Crippen molar-refractivity contribution >= 4 is 28.9 Å². The van der Waals surface area contributed by atoms with Crippen molar-refractivity contribution in [1.82, 2.24) is 5.32 Å². The first kappa shape index (κ1) is 14.4. The van der Waals surface area contributed by atoms with E-state index in [9.17, 15) is 4.79 Å². The van der Waals surface area contributed by atoms with Crippen molar-refractivity contribution in [1.29, 1.82) is 0 Å². The third-order valence-corrected chi connectivity index (χ3v) is 2.20. The summed E-state index contributed by atoms with van der Waals surface area (Å²) in [5.41, 5.74) is 0.747. The van der Waals surface area contributed by atoms with E-state index in [1.54, 1.807) is 0 Å². The number of benzene rings is 1. The topological polar surface area (TPSA) is 50.4 Å². The second-order valence-corrected chi connectivity index (χ2v) is 4.74. The summed E-state index contributed by atoms with van der Waals surface area (Å²) >= 11 is 5.01. The Morgan fingerprint density at radius 2 is 2.06 bits per heavy atom. The molecule has 0 spiro atoms. The normalized spacial score (nSPS) is 10.0. The van der Waals surface area contributed by atoms with Crippen molar-refractivity contribution in [3.8, 4) is 5.75 Å². The van der Waals surface area contributed by atoms with Crippen LogP contribution in [0.1, 0.15) is 20.8 Å². The van der Waals surface area contributed by atoms with Gasteiger partial charge in [-0.15, -0.1) is 0 Å². The summed E-state index contributed by atoms with van der Waals surface area (Å²) in [6.07, 6.45) is 0. The molecule has 0 heterocycles. The second kappa shape index (κ2) is 6.96. The van der Waals surface area contributed by atoms with Gasteiger partial charge < -0.3 is 15.4 Å². The summed E-state index contributed by atoms with van der Waals surface area (Å²) in [6, 6.07) is 7.48. The lowest BCUT2D eigenvalue weighted by Crippen LogP contribution is -2.32. The molecule has 4 nitrogen and oxygen atoms in total. The van der Waals surface area contributed by atoms with E-state index in [1.807, 2.05) is 24.3 Å². The Labute approximate surface area is 113 Å². The number of thiocarbonyl (C=S) groups is 1. The molecule has 18 heavy (non-hydrogen) atoms. The highest BCUT2D eigenvalue weighted by atomic mass is 32.1. The molecule has 1 aromatic carbocycles. The Morgan fingerprint density at radius 1 is 1.39 bits per heavy atom. The van der Waals surface area contributed by atoms with Gasteiger partial charge in [0.05, 0.1) is 12.3 Å². The number of para-hydroxylation sites is 2. The van der Waals surface area contributed by atoms with Crippen LogP contribution in [0.5, 0.6) is 5.75 Å².